The first kappa shape index (κ1) is 17.0. The van der Waals surface area contributed by atoms with Crippen molar-refractivity contribution in [2.75, 3.05) is 11.5 Å². The summed E-state index contributed by atoms with van der Waals surface area (Å²) in [5.41, 5.74) is 0.367. The molecular weight excluding hydrogens is 326 g/mol. The summed E-state index contributed by atoms with van der Waals surface area (Å²) in [5.74, 6) is -0.696. The maximum absolute atomic E-state index is 12.4. The van der Waals surface area contributed by atoms with Crippen LogP contribution in [0, 0.1) is 0 Å². The third-order valence-corrected chi connectivity index (χ3v) is 7.68. The van der Waals surface area contributed by atoms with Crippen LogP contribution in [-0.4, -0.2) is 45.5 Å². The summed E-state index contributed by atoms with van der Waals surface area (Å²) in [6.07, 6.45) is 0.125. The highest BCUT2D eigenvalue weighted by atomic mass is 32.2. The predicted octanol–water partition coefficient (Wildman–Crippen LogP) is 0.786. The fraction of sp³-hybridized carbons (Fsp3) is 0.500. The van der Waals surface area contributed by atoms with Crippen LogP contribution < -0.4 is 5.32 Å². The van der Waals surface area contributed by atoms with Crippen LogP contribution in [0.5, 0.6) is 0 Å². The highest BCUT2D eigenvalue weighted by Gasteiger charge is 2.37. The number of benzene rings is 1. The second-order valence-electron chi connectivity index (χ2n) is 5.72. The summed E-state index contributed by atoms with van der Waals surface area (Å²) < 4.78 is 47.7. The lowest BCUT2D eigenvalue weighted by atomic mass is 10.2. The van der Waals surface area contributed by atoms with Gasteiger partial charge in [-0.15, -0.1) is 0 Å². The average Bonchev–Trinajstić information content (AvgIpc) is 2.79. The van der Waals surface area contributed by atoms with E-state index in [9.17, 15) is 21.6 Å². The third-order valence-electron chi connectivity index (χ3n) is 3.49. The molecule has 8 heteroatoms. The van der Waals surface area contributed by atoms with Crippen molar-refractivity contribution in [3.8, 4) is 0 Å². The molecule has 22 heavy (non-hydrogen) atoms. The first-order chi connectivity index (χ1) is 10.1. The minimum absolute atomic E-state index is 0.0143. The Labute approximate surface area is 130 Å². The summed E-state index contributed by atoms with van der Waals surface area (Å²) >= 11 is 0. The van der Waals surface area contributed by atoms with Gasteiger partial charge >= 0.3 is 0 Å². The zero-order valence-electron chi connectivity index (χ0n) is 12.4. The van der Waals surface area contributed by atoms with Gasteiger partial charge in [0, 0.05) is 11.6 Å². The van der Waals surface area contributed by atoms with Gasteiger partial charge in [0.05, 0.1) is 21.7 Å². The quantitative estimate of drug-likeness (QED) is 0.870. The van der Waals surface area contributed by atoms with E-state index in [1.165, 1.54) is 24.3 Å². The maximum Gasteiger partial charge on any atom is 0.251 e. The average molecular weight is 345 g/mol. The molecule has 2 rings (SSSR count). The second kappa shape index (κ2) is 6.00. The number of hydrogen-bond donors (Lipinski definition) is 1. The van der Waals surface area contributed by atoms with Gasteiger partial charge in [-0.05, 0) is 44.5 Å². The van der Waals surface area contributed by atoms with E-state index < -0.39 is 24.9 Å². The molecule has 1 N–H and O–H groups in total. The zero-order chi connectivity index (χ0) is 16.5. The van der Waals surface area contributed by atoms with Crippen molar-refractivity contribution >= 4 is 25.6 Å². The number of amides is 1. The van der Waals surface area contributed by atoms with E-state index in [4.69, 9.17) is 0 Å². The number of rotatable bonds is 4. The molecule has 1 fully saturated rings. The number of nitrogens with one attached hydrogen (secondary N) is 1. The number of carbonyl (C=O) groups excluding carboxylic acids is 1. The summed E-state index contributed by atoms with van der Waals surface area (Å²) in [6.45, 7) is 3.66. The van der Waals surface area contributed by atoms with Crippen LogP contribution in [0.2, 0.25) is 0 Å². The second-order valence-corrected chi connectivity index (χ2v) is 10.2. The van der Waals surface area contributed by atoms with Crippen molar-refractivity contribution in [3.63, 3.8) is 0 Å². The Balaban J connectivity index is 2.21. The monoisotopic (exact) mass is 345 g/mol. The van der Waals surface area contributed by atoms with Crippen LogP contribution in [0.25, 0.3) is 0 Å². The molecule has 1 saturated heterocycles. The van der Waals surface area contributed by atoms with E-state index in [-0.39, 0.29) is 34.8 Å². The number of hydrogen-bond acceptors (Lipinski definition) is 5. The summed E-state index contributed by atoms with van der Waals surface area (Å²) in [6, 6.07) is 5.58. The highest BCUT2D eigenvalue weighted by molar-refractivity contribution is 7.96. The zero-order valence-corrected chi connectivity index (χ0v) is 14.1. The Hall–Kier alpha value is -1.41. The standard InChI is InChI=1S/C14H19NO5S2/c1-10(2)15-14(16)11-3-5-12(6-4-11)22(19,20)13-7-8-21(17,18)9-13/h3-6,10,13H,7-9H2,1-2H3,(H,15,16)/t13-/m0/s1. The summed E-state index contributed by atoms with van der Waals surface area (Å²) in [5, 5.41) is 1.82. The van der Waals surface area contributed by atoms with Gasteiger partial charge < -0.3 is 5.32 Å². The van der Waals surface area contributed by atoms with Gasteiger partial charge in [0.1, 0.15) is 0 Å². The fourth-order valence-electron chi connectivity index (χ4n) is 2.34. The topological polar surface area (TPSA) is 97.4 Å². The van der Waals surface area contributed by atoms with Crippen molar-refractivity contribution in [2.24, 2.45) is 0 Å². The van der Waals surface area contributed by atoms with E-state index in [2.05, 4.69) is 5.32 Å². The van der Waals surface area contributed by atoms with E-state index in [0.29, 0.717) is 5.56 Å². The van der Waals surface area contributed by atoms with Crippen LogP contribution in [0.3, 0.4) is 0 Å². The minimum atomic E-state index is -3.69. The molecule has 0 aromatic heterocycles. The Bertz CT molecular complexity index is 764. The lowest BCUT2D eigenvalue weighted by Crippen LogP contribution is -2.30. The van der Waals surface area contributed by atoms with Gasteiger partial charge in [0.2, 0.25) is 0 Å². The molecule has 1 aromatic rings. The van der Waals surface area contributed by atoms with E-state index in [1.807, 2.05) is 13.8 Å². The molecule has 0 aliphatic carbocycles. The smallest absolute Gasteiger partial charge is 0.251 e. The molecule has 0 unspecified atom stereocenters. The third kappa shape index (κ3) is 3.67. The molecule has 122 valence electrons. The first-order valence-corrected chi connectivity index (χ1v) is 10.3. The van der Waals surface area contributed by atoms with Crippen molar-refractivity contribution in [2.45, 2.75) is 36.5 Å². The van der Waals surface area contributed by atoms with E-state index in [0.717, 1.165) is 0 Å². The molecule has 1 aliphatic heterocycles. The highest BCUT2D eigenvalue weighted by Crippen LogP contribution is 2.25. The predicted molar refractivity (Wildman–Crippen MR) is 83.3 cm³/mol. The molecule has 0 saturated carbocycles. The maximum atomic E-state index is 12.4. The Morgan fingerprint density at radius 2 is 1.82 bits per heavy atom. The van der Waals surface area contributed by atoms with Crippen LogP contribution in [0.4, 0.5) is 0 Å². The summed E-state index contributed by atoms with van der Waals surface area (Å²) in [4.78, 5) is 11.9. The Morgan fingerprint density at radius 3 is 2.27 bits per heavy atom. The van der Waals surface area contributed by atoms with Gasteiger partial charge in [0.15, 0.2) is 19.7 Å². The van der Waals surface area contributed by atoms with Gasteiger partial charge in [-0.1, -0.05) is 0 Å². The molecule has 1 atom stereocenters. The van der Waals surface area contributed by atoms with Crippen molar-refractivity contribution in [1.82, 2.24) is 5.32 Å². The Kier molecular flexibility index (Phi) is 4.62. The lowest BCUT2D eigenvalue weighted by Gasteiger charge is -2.11. The normalized spacial score (nSPS) is 21.0. The first-order valence-electron chi connectivity index (χ1n) is 6.97. The lowest BCUT2D eigenvalue weighted by molar-refractivity contribution is 0.0943. The molecular formula is C14H19NO5S2. The number of sulfone groups is 2. The largest absolute Gasteiger partial charge is 0.350 e. The summed E-state index contributed by atoms with van der Waals surface area (Å²) in [7, 11) is -6.95. The number of carbonyl (C=O) groups is 1. The fourth-order valence-corrected chi connectivity index (χ4v) is 6.70. The molecule has 1 aromatic carbocycles. The molecule has 6 nitrogen and oxygen atoms in total. The van der Waals surface area contributed by atoms with E-state index >= 15 is 0 Å². The van der Waals surface area contributed by atoms with Gasteiger partial charge in [-0.25, -0.2) is 16.8 Å². The molecule has 1 amide bonds. The van der Waals surface area contributed by atoms with Crippen LogP contribution in [-0.2, 0) is 19.7 Å². The molecule has 0 spiro atoms. The minimum Gasteiger partial charge on any atom is -0.350 e. The van der Waals surface area contributed by atoms with Gasteiger partial charge in [-0.2, -0.15) is 0 Å². The SMILES string of the molecule is CC(C)NC(=O)c1ccc(S(=O)(=O)[C@H]2CCS(=O)(=O)C2)cc1. The van der Waals surface area contributed by atoms with Gasteiger partial charge in [0.25, 0.3) is 5.91 Å². The molecule has 1 aliphatic rings. The van der Waals surface area contributed by atoms with Crippen LogP contribution >= 0.6 is 0 Å². The molecule has 1 heterocycles. The van der Waals surface area contributed by atoms with Crippen LogP contribution in [0.1, 0.15) is 30.6 Å². The van der Waals surface area contributed by atoms with Gasteiger partial charge in [-0.3, -0.25) is 4.79 Å². The van der Waals surface area contributed by atoms with Crippen molar-refractivity contribution in [3.05, 3.63) is 29.8 Å². The molecule has 0 bridgehead atoms. The Morgan fingerprint density at radius 1 is 1.23 bits per heavy atom. The van der Waals surface area contributed by atoms with E-state index in [1.54, 1.807) is 0 Å². The van der Waals surface area contributed by atoms with Crippen molar-refractivity contribution in [1.29, 1.82) is 0 Å². The van der Waals surface area contributed by atoms with Crippen LogP contribution in [0.15, 0.2) is 29.2 Å². The molecule has 0 radical (unpaired) electrons. The van der Waals surface area contributed by atoms with Crippen molar-refractivity contribution < 1.29 is 21.6 Å².